The zero-order chi connectivity index (χ0) is 46.3. The van der Waals surface area contributed by atoms with Gasteiger partial charge in [0.05, 0.1) is 0 Å². The molecule has 0 saturated heterocycles. The van der Waals surface area contributed by atoms with E-state index in [0.29, 0.717) is 5.92 Å². The van der Waals surface area contributed by atoms with E-state index in [0.717, 1.165) is 19.3 Å². The molecule has 6 aromatic carbocycles. The van der Waals surface area contributed by atoms with Crippen LogP contribution in [-0.2, 0) is 6.42 Å². The van der Waals surface area contributed by atoms with E-state index in [1.165, 1.54) is 104 Å². The second-order valence-electron chi connectivity index (χ2n) is 17.0. The van der Waals surface area contributed by atoms with Crippen molar-refractivity contribution in [3.63, 3.8) is 0 Å². The molecule has 0 saturated carbocycles. The quantitative estimate of drug-likeness (QED) is 0.156. The average molecular weight is 849 g/mol. The molecule has 0 bridgehead atoms. The van der Waals surface area contributed by atoms with Gasteiger partial charge in [-0.1, -0.05) is 234 Å². The first-order valence-corrected chi connectivity index (χ1v) is 23.8. The van der Waals surface area contributed by atoms with Crippen LogP contribution in [0.4, 0.5) is 0 Å². The molecule has 0 fully saturated rings. The maximum atomic E-state index is 3.13. The highest BCUT2D eigenvalue weighted by Crippen LogP contribution is 2.42. The van der Waals surface area contributed by atoms with Gasteiger partial charge in [-0.3, -0.25) is 0 Å². The van der Waals surface area contributed by atoms with Gasteiger partial charge in [-0.25, -0.2) is 0 Å². The van der Waals surface area contributed by atoms with Gasteiger partial charge in [0.1, 0.15) is 0 Å². The molecule has 10 rings (SSSR count). The van der Waals surface area contributed by atoms with E-state index in [1.807, 2.05) is 45.9 Å². The first-order valence-electron chi connectivity index (χ1n) is 23.8. The number of allylic oxidation sites excluding steroid dienone is 10. The van der Waals surface area contributed by atoms with Gasteiger partial charge < -0.3 is 0 Å². The van der Waals surface area contributed by atoms with Crippen molar-refractivity contribution in [1.82, 2.24) is 0 Å². The number of hydrogen-bond donors (Lipinski definition) is 0. The minimum atomic E-state index is 0.568. The number of rotatable bonds is 3. The summed E-state index contributed by atoms with van der Waals surface area (Å²) < 4.78 is 0. The van der Waals surface area contributed by atoms with Crippen molar-refractivity contribution >= 4 is 28.9 Å². The Bertz CT molecular complexity index is 3070. The topological polar surface area (TPSA) is 0 Å². The summed E-state index contributed by atoms with van der Waals surface area (Å²) in [6.45, 7) is 21.3. The average Bonchev–Trinajstić information content (AvgIpc) is 3.79. The number of hydrogen-bond acceptors (Lipinski definition) is 0. The van der Waals surface area contributed by atoms with E-state index in [1.54, 1.807) is 0 Å². The van der Waals surface area contributed by atoms with Crippen LogP contribution in [0.15, 0.2) is 204 Å². The van der Waals surface area contributed by atoms with Gasteiger partial charge in [-0.2, -0.15) is 0 Å². The Labute approximate surface area is 390 Å². The summed E-state index contributed by atoms with van der Waals surface area (Å²) in [5.74, 6) is 0.568. The van der Waals surface area contributed by atoms with Gasteiger partial charge >= 0.3 is 0 Å². The molecule has 0 aromatic heterocycles. The fourth-order valence-electron chi connectivity index (χ4n) is 9.01. The highest BCUT2D eigenvalue weighted by molar-refractivity contribution is 5.93. The number of benzene rings is 6. The second-order valence-corrected chi connectivity index (χ2v) is 17.0. The summed E-state index contributed by atoms with van der Waals surface area (Å²) >= 11 is 0. The van der Waals surface area contributed by atoms with Crippen LogP contribution in [0.3, 0.4) is 0 Å². The minimum Gasteiger partial charge on any atom is -0.120 e. The molecule has 65 heavy (non-hydrogen) atoms. The third kappa shape index (κ3) is 11.5. The van der Waals surface area contributed by atoms with Crippen LogP contribution in [-0.4, -0.2) is 0 Å². The van der Waals surface area contributed by atoms with E-state index < -0.39 is 0 Å². The lowest BCUT2D eigenvalue weighted by Gasteiger charge is -2.16. The van der Waals surface area contributed by atoms with E-state index in [2.05, 4.69) is 217 Å². The molecule has 0 radical (unpaired) electrons. The van der Waals surface area contributed by atoms with Crippen LogP contribution in [0.2, 0.25) is 0 Å². The highest BCUT2D eigenvalue weighted by Gasteiger charge is 2.21. The Morgan fingerprint density at radius 2 is 1.05 bits per heavy atom. The Hall–Kier alpha value is -6.72. The molecular weight excluding hydrogens is 781 g/mol. The standard InChI is InChI=1S/C25H24.C24H22.C12H10.2C2H6/c1-17(2)19-12-14-20(15-13-19)25-16-18(3)21-8-4-5-9-22(21)23-10-6-7-11-24(23)25;1-17-8-7-10-19(15-14-17)24-18(2)16-20-9-3-4-11-21(20)22-12-5-6-13-23(22)24;1-10-5-4-8-11-6-2-3-7-12(11)9-10;2*1-2/h4-15,17H,16H2,1-3H3;3-9,11-15H,10,16H2,1-2H3;2-3,5-9H,1H3;2*1-2H3. The Morgan fingerprint density at radius 1 is 0.477 bits per heavy atom. The van der Waals surface area contributed by atoms with Crippen LogP contribution in [0.5, 0.6) is 0 Å². The highest BCUT2D eigenvalue weighted by atomic mass is 14.2. The lowest BCUT2D eigenvalue weighted by Crippen LogP contribution is -2.09. The molecule has 6 aromatic rings. The van der Waals surface area contributed by atoms with Gasteiger partial charge in [-0.05, 0) is 153 Å². The lowest BCUT2D eigenvalue weighted by atomic mass is 9.88. The summed E-state index contributed by atoms with van der Waals surface area (Å²) in [5.41, 5.74) is 23.6. The van der Waals surface area contributed by atoms with Crippen LogP contribution < -0.4 is 10.4 Å². The van der Waals surface area contributed by atoms with Crippen molar-refractivity contribution in [3.05, 3.63) is 258 Å². The van der Waals surface area contributed by atoms with Gasteiger partial charge in [0.25, 0.3) is 0 Å². The van der Waals surface area contributed by atoms with Gasteiger partial charge in [0.15, 0.2) is 0 Å². The molecule has 4 aliphatic carbocycles. The van der Waals surface area contributed by atoms with Crippen molar-refractivity contribution in [2.24, 2.45) is 0 Å². The SMILES string of the molecule is CC.CC.CC1=CC=C(C2=C(C)Cc3ccccc3-c3ccccc32)CC=C1.CC1=Cc2ccccc2C=C=C1.CC1=c2ccccc2=c2ccccc2=C(c2ccc(C(C)C)cc2)C1. The summed E-state index contributed by atoms with van der Waals surface area (Å²) in [7, 11) is 0. The fourth-order valence-corrected chi connectivity index (χ4v) is 9.01. The molecule has 0 spiro atoms. The Morgan fingerprint density at radius 3 is 1.74 bits per heavy atom. The minimum absolute atomic E-state index is 0.568. The van der Waals surface area contributed by atoms with Crippen molar-refractivity contribution < 1.29 is 0 Å². The molecular formula is C65H68. The summed E-state index contributed by atoms with van der Waals surface area (Å²) in [6, 6.07) is 52.8. The Kier molecular flexibility index (Phi) is 17.1. The largest absolute Gasteiger partial charge is 0.120 e. The second kappa shape index (κ2) is 23.3. The van der Waals surface area contributed by atoms with Crippen molar-refractivity contribution in [2.45, 2.75) is 94.4 Å². The van der Waals surface area contributed by atoms with Crippen molar-refractivity contribution in [2.75, 3.05) is 0 Å². The zero-order valence-corrected chi connectivity index (χ0v) is 40.6. The molecule has 0 unspecified atom stereocenters. The molecule has 4 aliphatic rings. The fraction of sp³-hybridized carbons (Fsp3) is 0.215. The maximum absolute atomic E-state index is 3.13. The maximum Gasteiger partial charge on any atom is -0.00485 e. The monoisotopic (exact) mass is 849 g/mol. The molecule has 0 nitrogen and oxygen atoms in total. The third-order valence-corrected chi connectivity index (χ3v) is 12.2. The molecule has 0 heteroatoms. The first kappa shape index (κ1) is 47.8. The molecule has 328 valence electrons. The summed E-state index contributed by atoms with van der Waals surface area (Å²) in [5, 5.41) is 5.44. The Balaban J connectivity index is 0.000000164. The van der Waals surface area contributed by atoms with E-state index in [4.69, 9.17) is 0 Å². The molecule has 0 N–H and O–H groups in total. The molecule has 0 aliphatic heterocycles. The van der Waals surface area contributed by atoms with Crippen molar-refractivity contribution in [3.8, 4) is 11.1 Å². The van der Waals surface area contributed by atoms with Crippen molar-refractivity contribution in [1.29, 1.82) is 0 Å². The van der Waals surface area contributed by atoms with Crippen LogP contribution in [0.25, 0.3) is 40.0 Å². The summed E-state index contributed by atoms with van der Waals surface area (Å²) in [6.07, 6.45) is 18.2. The summed E-state index contributed by atoms with van der Waals surface area (Å²) in [4.78, 5) is 0. The zero-order valence-electron chi connectivity index (χ0n) is 40.6. The lowest BCUT2D eigenvalue weighted by molar-refractivity contribution is 0.866. The van der Waals surface area contributed by atoms with E-state index in [-0.39, 0.29) is 0 Å². The van der Waals surface area contributed by atoms with E-state index in [9.17, 15) is 0 Å². The molecule has 0 amide bonds. The molecule has 0 heterocycles. The predicted octanol–water partition coefficient (Wildman–Crippen LogP) is 16.7. The third-order valence-electron chi connectivity index (χ3n) is 12.2. The first-order chi connectivity index (χ1) is 31.7. The molecule has 0 atom stereocenters. The number of fused-ring (bicyclic) bond motifs is 6. The van der Waals surface area contributed by atoms with Crippen LogP contribution >= 0.6 is 0 Å². The van der Waals surface area contributed by atoms with E-state index >= 15 is 0 Å². The van der Waals surface area contributed by atoms with Gasteiger partial charge in [0.2, 0.25) is 0 Å². The van der Waals surface area contributed by atoms with Gasteiger partial charge in [0, 0.05) is 0 Å². The normalized spacial score (nSPS) is 14.0. The van der Waals surface area contributed by atoms with Gasteiger partial charge in [-0.15, -0.1) is 5.73 Å². The van der Waals surface area contributed by atoms with Crippen LogP contribution in [0.1, 0.15) is 121 Å². The van der Waals surface area contributed by atoms with Crippen LogP contribution in [0, 0.1) is 10.4 Å². The smallest absolute Gasteiger partial charge is 0.00485 e. The predicted molar refractivity (Wildman–Crippen MR) is 286 cm³/mol.